The second kappa shape index (κ2) is 4.61. The molecule has 1 aliphatic rings. The lowest BCUT2D eigenvalue weighted by molar-refractivity contribution is -0.126. The summed E-state index contributed by atoms with van der Waals surface area (Å²) < 4.78 is 0. The standard InChI is InChI=1S/C14H18O/c1-11-6-5-9-14(15)13(11)10-12-7-3-2-4-8-12/h2-4,7-8,11,13H,5-6,9-10H2,1H3/t11-,13?/m0/s1. The molecule has 2 rings (SSSR count). The summed E-state index contributed by atoms with van der Waals surface area (Å²) >= 11 is 0. The van der Waals surface area contributed by atoms with Gasteiger partial charge in [-0.1, -0.05) is 37.3 Å². The van der Waals surface area contributed by atoms with E-state index in [-0.39, 0.29) is 5.92 Å². The maximum Gasteiger partial charge on any atom is 0.136 e. The minimum atomic E-state index is 0.265. The number of ketones is 1. The van der Waals surface area contributed by atoms with Gasteiger partial charge < -0.3 is 0 Å². The molecule has 2 atom stereocenters. The highest BCUT2D eigenvalue weighted by molar-refractivity contribution is 5.82. The molecular formula is C14H18O. The molecule has 80 valence electrons. The largest absolute Gasteiger partial charge is 0.299 e. The van der Waals surface area contributed by atoms with Crippen LogP contribution in [0.3, 0.4) is 0 Å². The molecule has 1 saturated carbocycles. The molecule has 1 aromatic carbocycles. The van der Waals surface area contributed by atoms with Crippen molar-refractivity contribution in [1.82, 2.24) is 0 Å². The topological polar surface area (TPSA) is 17.1 Å². The van der Waals surface area contributed by atoms with Gasteiger partial charge in [-0.05, 0) is 30.7 Å². The number of carbonyl (C=O) groups is 1. The van der Waals surface area contributed by atoms with Gasteiger partial charge in [-0.2, -0.15) is 0 Å². The van der Waals surface area contributed by atoms with E-state index in [2.05, 4.69) is 19.1 Å². The molecule has 1 fully saturated rings. The van der Waals surface area contributed by atoms with Crippen LogP contribution in [0.15, 0.2) is 30.3 Å². The summed E-state index contributed by atoms with van der Waals surface area (Å²) in [6.07, 6.45) is 4.03. The summed E-state index contributed by atoms with van der Waals surface area (Å²) in [6, 6.07) is 10.4. The lowest BCUT2D eigenvalue weighted by Crippen LogP contribution is -2.28. The Hall–Kier alpha value is -1.11. The van der Waals surface area contributed by atoms with Gasteiger partial charge in [0, 0.05) is 12.3 Å². The van der Waals surface area contributed by atoms with E-state index in [1.54, 1.807) is 0 Å². The van der Waals surface area contributed by atoms with Crippen molar-refractivity contribution in [2.75, 3.05) is 0 Å². The summed E-state index contributed by atoms with van der Waals surface area (Å²) in [7, 11) is 0. The molecule has 15 heavy (non-hydrogen) atoms. The van der Waals surface area contributed by atoms with Crippen molar-refractivity contribution in [1.29, 1.82) is 0 Å². The molecule has 1 aliphatic carbocycles. The summed E-state index contributed by atoms with van der Waals surface area (Å²) in [5.74, 6) is 1.30. The zero-order chi connectivity index (χ0) is 10.7. The predicted octanol–water partition coefficient (Wildman–Crippen LogP) is 3.23. The van der Waals surface area contributed by atoms with Gasteiger partial charge in [0.2, 0.25) is 0 Å². The number of carbonyl (C=O) groups excluding carboxylic acids is 1. The van der Waals surface area contributed by atoms with Gasteiger partial charge >= 0.3 is 0 Å². The Kier molecular flexibility index (Phi) is 3.20. The first-order valence-corrected chi connectivity index (χ1v) is 5.84. The zero-order valence-electron chi connectivity index (χ0n) is 9.28. The van der Waals surface area contributed by atoms with Gasteiger partial charge in [0.15, 0.2) is 0 Å². The Morgan fingerprint density at radius 1 is 1.27 bits per heavy atom. The molecule has 0 aromatic heterocycles. The van der Waals surface area contributed by atoms with Crippen LogP contribution >= 0.6 is 0 Å². The fourth-order valence-electron chi connectivity index (χ4n) is 2.49. The van der Waals surface area contributed by atoms with Gasteiger partial charge in [0.1, 0.15) is 5.78 Å². The molecule has 0 heterocycles. The molecule has 0 amide bonds. The Labute approximate surface area is 91.5 Å². The summed E-state index contributed by atoms with van der Waals surface area (Å²) in [5, 5.41) is 0. The minimum Gasteiger partial charge on any atom is -0.299 e. The van der Waals surface area contributed by atoms with Crippen molar-refractivity contribution in [3.63, 3.8) is 0 Å². The highest BCUT2D eigenvalue weighted by atomic mass is 16.1. The molecule has 1 aromatic rings. The van der Waals surface area contributed by atoms with E-state index in [4.69, 9.17) is 0 Å². The fourth-order valence-corrected chi connectivity index (χ4v) is 2.49. The van der Waals surface area contributed by atoms with E-state index in [0.29, 0.717) is 11.7 Å². The number of hydrogen-bond donors (Lipinski definition) is 0. The first kappa shape index (κ1) is 10.4. The number of Topliss-reactive ketones (excluding diaryl/α,β-unsaturated/α-hetero) is 1. The first-order chi connectivity index (χ1) is 7.27. The lowest BCUT2D eigenvalue weighted by Gasteiger charge is -2.27. The molecule has 0 radical (unpaired) electrons. The number of rotatable bonds is 2. The monoisotopic (exact) mass is 202 g/mol. The molecule has 0 N–H and O–H groups in total. The quantitative estimate of drug-likeness (QED) is 0.719. The van der Waals surface area contributed by atoms with Gasteiger partial charge in [-0.3, -0.25) is 4.79 Å². The maximum absolute atomic E-state index is 11.8. The Bertz CT molecular complexity index is 328. The van der Waals surface area contributed by atoms with Crippen LogP contribution in [-0.4, -0.2) is 5.78 Å². The molecule has 0 saturated heterocycles. The Morgan fingerprint density at radius 2 is 2.00 bits per heavy atom. The number of benzene rings is 1. The van der Waals surface area contributed by atoms with Gasteiger partial charge in [0.25, 0.3) is 0 Å². The van der Waals surface area contributed by atoms with E-state index in [1.807, 2.05) is 18.2 Å². The number of hydrogen-bond acceptors (Lipinski definition) is 1. The second-order valence-electron chi connectivity index (χ2n) is 4.63. The van der Waals surface area contributed by atoms with E-state index in [9.17, 15) is 4.79 Å². The highest BCUT2D eigenvalue weighted by Gasteiger charge is 2.28. The fraction of sp³-hybridized carbons (Fsp3) is 0.500. The average molecular weight is 202 g/mol. The average Bonchev–Trinajstić information content (AvgIpc) is 2.25. The van der Waals surface area contributed by atoms with Crippen LogP contribution in [-0.2, 0) is 11.2 Å². The van der Waals surface area contributed by atoms with Gasteiger partial charge in [0.05, 0.1) is 0 Å². The van der Waals surface area contributed by atoms with Crippen LogP contribution in [0.1, 0.15) is 31.7 Å². The van der Waals surface area contributed by atoms with Crippen molar-refractivity contribution in [3.05, 3.63) is 35.9 Å². The molecule has 0 spiro atoms. The lowest BCUT2D eigenvalue weighted by atomic mass is 9.76. The third-order valence-corrected chi connectivity index (χ3v) is 3.48. The third kappa shape index (κ3) is 2.47. The highest BCUT2D eigenvalue weighted by Crippen LogP contribution is 2.29. The van der Waals surface area contributed by atoms with E-state index in [1.165, 1.54) is 12.0 Å². The minimum absolute atomic E-state index is 0.265. The van der Waals surface area contributed by atoms with Crippen LogP contribution in [0.5, 0.6) is 0 Å². The third-order valence-electron chi connectivity index (χ3n) is 3.48. The molecule has 0 aliphatic heterocycles. The zero-order valence-corrected chi connectivity index (χ0v) is 9.28. The second-order valence-corrected chi connectivity index (χ2v) is 4.63. The SMILES string of the molecule is C[C@H]1CCCC(=O)C1Cc1ccccc1. The van der Waals surface area contributed by atoms with Crippen LogP contribution in [0, 0.1) is 11.8 Å². The predicted molar refractivity (Wildman–Crippen MR) is 61.7 cm³/mol. The van der Waals surface area contributed by atoms with Crippen LogP contribution in [0.2, 0.25) is 0 Å². The van der Waals surface area contributed by atoms with Gasteiger partial charge in [-0.25, -0.2) is 0 Å². The van der Waals surface area contributed by atoms with Crippen LogP contribution < -0.4 is 0 Å². The van der Waals surface area contributed by atoms with Crippen molar-refractivity contribution < 1.29 is 4.79 Å². The molecule has 1 heteroatoms. The Balaban J connectivity index is 2.07. The molecule has 0 bridgehead atoms. The smallest absolute Gasteiger partial charge is 0.136 e. The summed E-state index contributed by atoms with van der Waals surface area (Å²) in [6.45, 7) is 2.21. The van der Waals surface area contributed by atoms with Crippen LogP contribution in [0.4, 0.5) is 0 Å². The van der Waals surface area contributed by atoms with E-state index >= 15 is 0 Å². The van der Waals surface area contributed by atoms with Crippen molar-refractivity contribution in [3.8, 4) is 0 Å². The summed E-state index contributed by atoms with van der Waals surface area (Å²) in [4.78, 5) is 11.8. The normalized spacial score (nSPS) is 26.6. The molecule has 1 unspecified atom stereocenters. The molecule has 1 nitrogen and oxygen atoms in total. The maximum atomic E-state index is 11.8. The van der Waals surface area contributed by atoms with E-state index < -0.39 is 0 Å². The van der Waals surface area contributed by atoms with E-state index in [0.717, 1.165) is 19.3 Å². The Morgan fingerprint density at radius 3 is 2.67 bits per heavy atom. The first-order valence-electron chi connectivity index (χ1n) is 5.84. The van der Waals surface area contributed by atoms with Gasteiger partial charge in [-0.15, -0.1) is 0 Å². The molecular weight excluding hydrogens is 184 g/mol. The van der Waals surface area contributed by atoms with Crippen molar-refractivity contribution in [2.24, 2.45) is 11.8 Å². The van der Waals surface area contributed by atoms with Crippen LogP contribution in [0.25, 0.3) is 0 Å². The van der Waals surface area contributed by atoms with Crippen molar-refractivity contribution >= 4 is 5.78 Å². The summed E-state index contributed by atoms with van der Waals surface area (Å²) in [5.41, 5.74) is 1.30. The van der Waals surface area contributed by atoms with Crippen molar-refractivity contribution in [2.45, 2.75) is 32.6 Å².